The molecule has 0 saturated heterocycles. The van der Waals surface area contributed by atoms with E-state index < -0.39 is 0 Å². The van der Waals surface area contributed by atoms with E-state index in [-0.39, 0.29) is 5.41 Å². The van der Waals surface area contributed by atoms with Crippen molar-refractivity contribution in [2.45, 2.75) is 19.3 Å². The van der Waals surface area contributed by atoms with Gasteiger partial charge in [0.2, 0.25) is 0 Å². The second kappa shape index (κ2) is 1.50. The van der Waals surface area contributed by atoms with Gasteiger partial charge in [0.25, 0.3) is 0 Å². The minimum Gasteiger partial charge on any atom is -0.299 e. The lowest BCUT2D eigenvalue weighted by atomic mass is 9.92. The summed E-state index contributed by atoms with van der Waals surface area (Å²) in [7, 11) is 0. The summed E-state index contributed by atoms with van der Waals surface area (Å²) in [6.07, 6.45) is 9.38. The maximum atomic E-state index is 11.5. The highest BCUT2D eigenvalue weighted by molar-refractivity contribution is 5.95. The van der Waals surface area contributed by atoms with Crippen LogP contribution in [0.25, 0.3) is 0 Å². The molecule has 2 fully saturated rings. The number of allylic oxidation sites excluding steroid dienone is 4. The Morgan fingerprint density at radius 1 is 1.45 bits per heavy atom. The van der Waals surface area contributed by atoms with Crippen LogP contribution in [0.2, 0.25) is 0 Å². The first-order valence-electron chi connectivity index (χ1n) is 4.25. The quantitative estimate of drug-likeness (QED) is 0.509. The number of Topliss-reactive ketones (excluding diaryl/α,β-unsaturated/α-hetero) is 1. The molecular weight excluding hydrogens is 136 g/mol. The normalized spacial score (nSPS) is 44.9. The Morgan fingerprint density at radius 2 is 2.36 bits per heavy atom. The predicted molar refractivity (Wildman–Crippen MR) is 42.0 cm³/mol. The molecule has 3 aliphatic rings. The summed E-state index contributed by atoms with van der Waals surface area (Å²) < 4.78 is 0. The molecule has 0 aromatic heterocycles. The van der Waals surface area contributed by atoms with E-state index in [9.17, 15) is 4.79 Å². The second-order valence-corrected chi connectivity index (χ2v) is 3.78. The molecule has 0 heterocycles. The molecule has 0 bridgehead atoms. The lowest BCUT2D eigenvalue weighted by molar-refractivity contribution is -0.121. The van der Waals surface area contributed by atoms with Crippen LogP contribution < -0.4 is 0 Å². The van der Waals surface area contributed by atoms with Gasteiger partial charge in [-0.1, -0.05) is 23.8 Å². The second-order valence-electron chi connectivity index (χ2n) is 3.78. The van der Waals surface area contributed by atoms with Crippen LogP contribution in [-0.4, -0.2) is 5.78 Å². The standard InChI is InChI=1S/C10H10O/c11-9-5-4-7-2-1-3-8-6-10(7,8)9/h1-3,8H,4-6H2. The van der Waals surface area contributed by atoms with E-state index in [0.29, 0.717) is 11.7 Å². The van der Waals surface area contributed by atoms with Crippen LogP contribution >= 0.6 is 0 Å². The van der Waals surface area contributed by atoms with Gasteiger partial charge in [0, 0.05) is 6.42 Å². The molecule has 0 N–H and O–H groups in total. The molecule has 0 aromatic rings. The van der Waals surface area contributed by atoms with Crippen molar-refractivity contribution in [1.29, 1.82) is 0 Å². The fraction of sp³-hybridized carbons (Fsp3) is 0.500. The molecule has 1 spiro atoms. The van der Waals surface area contributed by atoms with E-state index in [1.807, 2.05) is 0 Å². The van der Waals surface area contributed by atoms with Crippen LogP contribution in [0.1, 0.15) is 19.3 Å². The number of carbonyl (C=O) groups excluding carboxylic acids is 1. The third kappa shape index (κ3) is 0.482. The topological polar surface area (TPSA) is 17.1 Å². The SMILES string of the molecule is O=C1CCC2=CC=CC3CC123. The smallest absolute Gasteiger partial charge is 0.144 e. The number of hydrogen-bond donors (Lipinski definition) is 0. The van der Waals surface area contributed by atoms with Crippen LogP contribution in [0, 0.1) is 11.3 Å². The number of carbonyl (C=O) groups is 1. The zero-order chi connectivity index (χ0) is 7.47. The molecule has 2 atom stereocenters. The molecule has 0 aromatic carbocycles. The highest BCUT2D eigenvalue weighted by atomic mass is 16.1. The van der Waals surface area contributed by atoms with Crippen LogP contribution in [0.4, 0.5) is 0 Å². The van der Waals surface area contributed by atoms with E-state index >= 15 is 0 Å². The van der Waals surface area contributed by atoms with Crippen LogP contribution in [0.5, 0.6) is 0 Å². The third-order valence-corrected chi connectivity index (χ3v) is 3.35. The van der Waals surface area contributed by atoms with Crippen molar-refractivity contribution in [3.63, 3.8) is 0 Å². The van der Waals surface area contributed by atoms with Gasteiger partial charge in [0.05, 0.1) is 5.41 Å². The predicted octanol–water partition coefficient (Wildman–Crippen LogP) is 1.85. The molecule has 0 amide bonds. The zero-order valence-corrected chi connectivity index (χ0v) is 6.34. The highest BCUT2D eigenvalue weighted by Crippen LogP contribution is 2.65. The Labute approximate surface area is 65.8 Å². The first-order valence-corrected chi connectivity index (χ1v) is 4.25. The fourth-order valence-corrected chi connectivity index (χ4v) is 2.62. The monoisotopic (exact) mass is 146 g/mol. The largest absolute Gasteiger partial charge is 0.299 e. The van der Waals surface area contributed by atoms with Crippen molar-refractivity contribution in [2.75, 3.05) is 0 Å². The molecule has 0 radical (unpaired) electrons. The first kappa shape index (κ1) is 5.76. The minimum atomic E-state index is 0.0503. The Kier molecular flexibility index (Phi) is 0.783. The summed E-state index contributed by atoms with van der Waals surface area (Å²) in [6.45, 7) is 0. The van der Waals surface area contributed by atoms with Crippen molar-refractivity contribution in [1.82, 2.24) is 0 Å². The molecule has 2 saturated carbocycles. The summed E-state index contributed by atoms with van der Waals surface area (Å²) in [6, 6.07) is 0. The molecule has 3 aliphatic carbocycles. The van der Waals surface area contributed by atoms with Gasteiger partial charge in [0.1, 0.15) is 5.78 Å². The zero-order valence-electron chi connectivity index (χ0n) is 6.34. The van der Waals surface area contributed by atoms with Gasteiger partial charge in [-0.15, -0.1) is 0 Å². The molecular formula is C10H10O. The summed E-state index contributed by atoms with van der Waals surface area (Å²) in [5.41, 5.74) is 1.46. The average molecular weight is 146 g/mol. The molecule has 3 rings (SSSR count). The van der Waals surface area contributed by atoms with E-state index in [2.05, 4.69) is 18.2 Å². The van der Waals surface area contributed by atoms with E-state index in [1.165, 1.54) is 5.57 Å². The summed E-state index contributed by atoms with van der Waals surface area (Å²) in [5, 5.41) is 0. The van der Waals surface area contributed by atoms with Gasteiger partial charge >= 0.3 is 0 Å². The Bertz CT molecular complexity index is 298. The Balaban J connectivity index is 2.17. The van der Waals surface area contributed by atoms with E-state index in [1.54, 1.807) is 0 Å². The maximum Gasteiger partial charge on any atom is 0.144 e. The van der Waals surface area contributed by atoms with Crippen LogP contribution in [0.3, 0.4) is 0 Å². The first-order chi connectivity index (χ1) is 5.34. The van der Waals surface area contributed by atoms with Crippen molar-refractivity contribution in [3.05, 3.63) is 23.8 Å². The lowest BCUT2D eigenvalue weighted by Gasteiger charge is -2.10. The molecule has 56 valence electrons. The molecule has 2 unspecified atom stereocenters. The van der Waals surface area contributed by atoms with E-state index in [0.717, 1.165) is 19.3 Å². The van der Waals surface area contributed by atoms with Crippen molar-refractivity contribution in [3.8, 4) is 0 Å². The van der Waals surface area contributed by atoms with Gasteiger partial charge in [0.15, 0.2) is 0 Å². The highest BCUT2D eigenvalue weighted by Gasteiger charge is 2.63. The molecule has 1 heteroatoms. The van der Waals surface area contributed by atoms with Gasteiger partial charge in [-0.3, -0.25) is 4.79 Å². The van der Waals surface area contributed by atoms with Crippen molar-refractivity contribution >= 4 is 5.78 Å². The van der Waals surface area contributed by atoms with Gasteiger partial charge < -0.3 is 0 Å². The van der Waals surface area contributed by atoms with Crippen molar-refractivity contribution in [2.24, 2.45) is 11.3 Å². The number of hydrogen-bond acceptors (Lipinski definition) is 1. The average Bonchev–Trinajstić information content (AvgIpc) is 2.68. The Morgan fingerprint density at radius 3 is 3.18 bits per heavy atom. The summed E-state index contributed by atoms with van der Waals surface area (Å²) in [4.78, 5) is 11.5. The van der Waals surface area contributed by atoms with Gasteiger partial charge in [-0.25, -0.2) is 0 Å². The molecule has 0 aliphatic heterocycles. The van der Waals surface area contributed by atoms with E-state index in [4.69, 9.17) is 0 Å². The third-order valence-electron chi connectivity index (χ3n) is 3.35. The minimum absolute atomic E-state index is 0.0503. The number of rotatable bonds is 0. The number of ketones is 1. The summed E-state index contributed by atoms with van der Waals surface area (Å²) >= 11 is 0. The lowest BCUT2D eigenvalue weighted by Crippen LogP contribution is -2.12. The van der Waals surface area contributed by atoms with Crippen LogP contribution in [0.15, 0.2) is 23.8 Å². The maximum absolute atomic E-state index is 11.5. The van der Waals surface area contributed by atoms with Crippen molar-refractivity contribution < 1.29 is 4.79 Å². The van der Waals surface area contributed by atoms with Gasteiger partial charge in [-0.05, 0) is 18.8 Å². The summed E-state index contributed by atoms with van der Waals surface area (Å²) in [5.74, 6) is 1.08. The molecule has 11 heavy (non-hydrogen) atoms. The van der Waals surface area contributed by atoms with Gasteiger partial charge in [-0.2, -0.15) is 0 Å². The molecule has 1 nitrogen and oxygen atoms in total. The fourth-order valence-electron chi connectivity index (χ4n) is 2.62. The Hall–Kier alpha value is -0.850. The van der Waals surface area contributed by atoms with Crippen LogP contribution in [-0.2, 0) is 4.79 Å².